The van der Waals surface area contributed by atoms with Gasteiger partial charge in [-0.1, -0.05) is 43.7 Å². The third-order valence-corrected chi connectivity index (χ3v) is 3.87. The maximum absolute atomic E-state index is 12.3. The van der Waals surface area contributed by atoms with Crippen molar-refractivity contribution in [2.45, 2.75) is 46.1 Å². The minimum atomic E-state index is 0.256. The summed E-state index contributed by atoms with van der Waals surface area (Å²) in [4.78, 5) is 14.2. The van der Waals surface area contributed by atoms with Crippen molar-refractivity contribution in [3.05, 3.63) is 35.9 Å². The molecule has 1 atom stereocenters. The molecule has 0 saturated carbocycles. The Morgan fingerprint density at radius 3 is 2.45 bits per heavy atom. The quantitative estimate of drug-likeness (QED) is 0.753. The smallest absolute Gasteiger partial charge is 0.222 e. The van der Waals surface area contributed by atoms with E-state index < -0.39 is 0 Å². The van der Waals surface area contributed by atoms with Gasteiger partial charge < -0.3 is 10.6 Å². The number of hydrogen-bond donors (Lipinski definition) is 1. The van der Waals surface area contributed by atoms with Crippen LogP contribution in [0.5, 0.6) is 0 Å². The average molecular weight is 276 g/mol. The van der Waals surface area contributed by atoms with Gasteiger partial charge in [0, 0.05) is 19.5 Å². The van der Waals surface area contributed by atoms with Crippen molar-refractivity contribution in [3.63, 3.8) is 0 Å². The predicted molar refractivity (Wildman–Crippen MR) is 84.2 cm³/mol. The highest BCUT2D eigenvalue weighted by Gasteiger charge is 2.14. The zero-order valence-electron chi connectivity index (χ0n) is 12.8. The first-order valence-electron chi connectivity index (χ1n) is 7.73. The largest absolute Gasteiger partial charge is 0.339 e. The minimum absolute atomic E-state index is 0.256. The van der Waals surface area contributed by atoms with Crippen molar-refractivity contribution in [3.8, 4) is 0 Å². The number of benzene rings is 1. The van der Waals surface area contributed by atoms with E-state index in [1.165, 1.54) is 5.56 Å². The maximum Gasteiger partial charge on any atom is 0.222 e. The second-order valence-electron chi connectivity index (χ2n) is 5.28. The normalized spacial score (nSPS) is 12.2. The van der Waals surface area contributed by atoms with E-state index in [9.17, 15) is 4.79 Å². The Morgan fingerprint density at radius 2 is 1.90 bits per heavy atom. The highest BCUT2D eigenvalue weighted by atomic mass is 16.2. The Morgan fingerprint density at radius 1 is 1.20 bits per heavy atom. The molecule has 0 bridgehead atoms. The molecule has 0 radical (unpaired) electrons. The van der Waals surface area contributed by atoms with E-state index in [1.54, 1.807) is 0 Å². The minimum Gasteiger partial charge on any atom is -0.339 e. The fraction of sp³-hybridized carbons (Fsp3) is 0.588. The van der Waals surface area contributed by atoms with Crippen molar-refractivity contribution in [2.24, 2.45) is 11.7 Å². The molecular weight excluding hydrogens is 248 g/mol. The Hall–Kier alpha value is -1.35. The molecule has 0 heterocycles. The molecule has 3 heteroatoms. The first kappa shape index (κ1) is 16.7. The molecule has 0 aromatic heterocycles. The summed E-state index contributed by atoms with van der Waals surface area (Å²) < 4.78 is 0. The summed E-state index contributed by atoms with van der Waals surface area (Å²) in [7, 11) is 0. The molecule has 1 aromatic rings. The fourth-order valence-corrected chi connectivity index (χ4v) is 2.45. The van der Waals surface area contributed by atoms with E-state index in [1.807, 2.05) is 30.0 Å². The number of carbonyl (C=O) groups excluding carboxylic acids is 1. The molecule has 2 N–H and O–H groups in total. The van der Waals surface area contributed by atoms with Crippen LogP contribution in [0, 0.1) is 5.92 Å². The van der Waals surface area contributed by atoms with E-state index in [0.717, 1.165) is 25.8 Å². The van der Waals surface area contributed by atoms with Crippen molar-refractivity contribution in [2.75, 3.05) is 13.1 Å². The van der Waals surface area contributed by atoms with E-state index in [4.69, 9.17) is 5.73 Å². The van der Waals surface area contributed by atoms with Gasteiger partial charge in [0.2, 0.25) is 5.91 Å². The van der Waals surface area contributed by atoms with Gasteiger partial charge in [-0.3, -0.25) is 4.79 Å². The van der Waals surface area contributed by atoms with Crippen LogP contribution in [0.4, 0.5) is 0 Å². The maximum atomic E-state index is 12.3. The standard InChI is InChI=1S/C17H28N2O/c1-3-15(12-13-18)10-11-17(20)19(4-2)14-16-8-6-5-7-9-16/h5-9,15H,3-4,10-14,18H2,1-2H3. The summed E-state index contributed by atoms with van der Waals surface area (Å²) in [6.07, 6.45) is 3.72. The molecule has 1 unspecified atom stereocenters. The van der Waals surface area contributed by atoms with Crippen LogP contribution in [0.3, 0.4) is 0 Å². The first-order chi connectivity index (χ1) is 9.71. The van der Waals surface area contributed by atoms with Gasteiger partial charge in [0.15, 0.2) is 0 Å². The number of nitrogens with two attached hydrogens (primary N) is 1. The Labute approximate surface area is 123 Å². The topological polar surface area (TPSA) is 46.3 Å². The molecule has 3 nitrogen and oxygen atoms in total. The number of carbonyl (C=O) groups is 1. The monoisotopic (exact) mass is 276 g/mol. The number of hydrogen-bond acceptors (Lipinski definition) is 2. The Kier molecular flexibility index (Phi) is 7.97. The molecule has 112 valence electrons. The zero-order chi connectivity index (χ0) is 14.8. The second kappa shape index (κ2) is 9.54. The molecule has 0 aliphatic heterocycles. The number of nitrogens with zero attached hydrogens (tertiary/aromatic N) is 1. The van der Waals surface area contributed by atoms with Crippen LogP contribution in [0.1, 0.15) is 45.1 Å². The lowest BCUT2D eigenvalue weighted by Gasteiger charge is -2.22. The van der Waals surface area contributed by atoms with Crippen molar-refractivity contribution >= 4 is 5.91 Å². The van der Waals surface area contributed by atoms with Gasteiger partial charge >= 0.3 is 0 Å². The van der Waals surface area contributed by atoms with Crippen LogP contribution in [0.15, 0.2) is 30.3 Å². The summed E-state index contributed by atoms with van der Waals surface area (Å²) in [5, 5.41) is 0. The molecule has 0 aliphatic carbocycles. The molecule has 0 aliphatic rings. The number of amides is 1. The van der Waals surface area contributed by atoms with Crippen molar-refractivity contribution in [1.29, 1.82) is 0 Å². The molecule has 1 rings (SSSR count). The second-order valence-corrected chi connectivity index (χ2v) is 5.28. The first-order valence-corrected chi connectivity index (χ1v) is 7.73. The third-order valence-electron chi connectivity index (χ3n) is 3.87. The van der Waals surface area contributed by atoms with Crippen LogP contribution < -0.4 is 5.73 Å². The zero-order valence-corrected chi connectivity index (χ0v) is 12.8. The van der Waals surface area contributed by atoms with Crippen LogP contribution in [-0.4, -0.2) is 23.9 Å². The number of rotatable bonds is 9. The molecule has 0 spiro atoms. The summed E-state index contributed by atoms with van der Waals surface area (Å²) in [6, 6.07) is 10.2. The van der Waals surface area contributed by atoms with Gasteiger partial charge in [0.25, 0.3) is 0 Å². The van der Waals surface area contributed by atoms with Crippen LogP contribution >= 0.6 is 0 Å². The molecule has 1 amide bonds. The van der Waals surface area contributed by atoms with Crippen molar-refractivity contribution < 1.29 is 4.79 Å². The lowest BCUT2D eigenvalue weighted by atomic mass is 9.96. The SMILES string of the molecule is CCC(CCN)CCC(=O)N(CC)Cc1ccccc1. The van der Waals surface area contributed by atoms with Gasteiger partial charge in [0.05, 0.1) is 0 Å². The average Bonchev–Trinajstić information content (AvgIpc) is 2.49. The highest BCUT2D eigenvalue weighted by Crippen LogP contribution is 2.16. The van der Waals surface area contributed by atoms with E-state index in [-0.39, 0.29) is 5.91 Å². The van der Waals surface area contributed by atoms with Crippen LogP contribution in [0.25, 0.3) is 0 Å². The molecule has 20 heavy (non-hydrogen) atoms. The molecule has 1 aromatic carbocycles. The Bertz CT molecular complexity index is 378. The third kappa shape index (κ3) is 5.74. The van der Waals surface area contributed by atoms with E-state index >= 15 is 0 Å². The lowest BCUT2D eigenvalue weighted by molar-refractivity contribution is -0.131. The lowest BCUT2D eigenvalue weighted by Crippen LogP contribution is -2.30. The fourth-order valence-electron chi connectivity index (χ4n) is 2.45. The molecule has 0 fully saturated rings. The summed E-state index contributed by atoms with van der Waals surface area (Å²) in [5.74, 6) is 0.839. The van der Waals surface area contributed by atoms with Gasteiger partial charge in [-0.2, -0.15) is 0 Å². The van der Waals surface area contributed by atoms with Gasteiger partial charge in [0.1, 0.15) is 0 Å². The molecular formula is C17H28N2O. The highest BCUT2D eigenvalue weighted by molar-refractivity contribution is 5.76. The van der Waals surface area contributed by atoms with E-state index in [0.29, 0.717) is 25.4 Å². The van der Waals surface area contributed by atoms with Gasteiger partial charge in [-0.25, -0.2) is 0 Å². The Balaban J connectivity index is 2.46. The van der Waals surface area contributed by atoms with Gasteiger partial charge in [-0.15, -0.1) is 0 Å². The predicted octanol–water partition coefficient (Wildman–Crippen LogP) is 3.19. The molecule has 0 saturated heterocycles. The van der Waals surface area contributed by atoms with E-state index in [2.05, 4.69) is 19.1 Å². The van der Waals surface area contributed by atoms with Gasteiger partial charge in [-0.05, 0) is 37.8 Å². The summed E-state index contributed by atoms with van der Waals surface area (Å²) in [5.41, 5.74) is 6.80. The van der Waals surface area contributed by atoms with Crippen molar-refractivity contribution in [1.82, 2.24) is 4.90 Å². The summed E-state index contributed by atoms with van der Waals surface area (Å²) >= 11 is 0. The van der Waals surface area contributed by atoms with Crippen LogP contribution in [0.2, 0.25) is 0 Å². The van der Waals surface area contributed by atoms with Crippen LogP contribution in [-0.2, 0) is 11.3 Å². The summed E-state index contributed by atoms with van der Waals surface area (Å²) in [6.45, 7) is 6.41.